The molecule has 2 amide bonds. The van der Waals surface area contributed by atoms with Gasteiger partial charge in [-0.15, -0.1) is 11.3 Å². The summed E-state index contributed by atoms with van der Waals surface area (Å²) in [6, 6.07) is 0. The van der Waals surface area contributed by atoms with Gasteiger partial charge >= 0.3 is 0 Å². The predicted octanol–water partition coefficient (Wildman–Crippen LogP) is 3.55. The molecule has 0 unspecified atom stereocenters. The van der Waals surface area contributed by atoms with Crippen molar-refractivity contribution in [3.8, 4) is 0 Å². The highest BCUT2D eigenvalue weighted by molar-refractivity contribution is 7.09. The molecule has 1 aliphatic rings. The quantitative estimate of drug-likeness (QED) is 0.713. The Bertz CT molecular complexity index is 584. The molecule has 1 aromatic rings. The molecule has 1 aromatic heterocycles. The fourth-order valence-electron chi connectivity index (χ4n) is 3.23. The Hall–Kier alpha value is -1.27. The Kier molecular flexibility index (Phi) is 5.57. The molecular weight excluding hydrogens is 312 g/mol. The van der Waals surface area contributed by atoms with Gasteiger partial charge in [0.25, 0.3) is 0 Å². The van der Waals surface area contributed by atoms with Crippen LogP contribution in [-0.2, 0) is 20.9 Å². The van der Waals surface area contributed by atoms with E-state index < -0.39 is 5.41 Å². The van der Waals surface area contributed by atoms with E-state index in [4.69, 9.17) is 4.74 Å². The fourth-order valence-corrected chi connectivity index (χ4v) is 4.04. The minimum absolute atomic E-state index is 0.0602. The van der Waals surface area contributed by atoms with Crippen molar-refractivity contribution in [2.45, 2.75) is 60.1 Å². The first-order chi connectivity index (χ1) is 10.8. The van der Waals surface area contributed by atoms with Crippen molar-refractivity contribution in [1.29, 1.82) is 0 Å². The number of hydrogen-bond acceptors (Lipinski definition) is 5. The second-order valence-electron chi connectivity index (χ2n) is 6.90. The van der Waals surface area contributed by atoms with E-state index in [1.807, 2.05) is 26.2 Å². The van der Waals surface area contributed by atoms with E-state index in [0.29, 0.717) is 18.9 Å². The lowest BCUT2D eigenvalue weighted by molar-refractivity contribution is -0.142. The van der Waals surface area contributed by atoms with Crippen LogP contribution in [0.25, 0.3) is 0 Å². The number of amides is 2. The fraction of sp³-hybridized carbons (Fsp3) is 0.706. The van der Waals surface area contributed by atoms with Gasteiger partial charge in [0.1, 0.15) is 11.1 Å². The van der Waals surface area contributed by atoms with Crippen LogP contribution in [0.4, 0.5) is 0 Å². The number of nitrogens with zero attached hydrogens (tertiary/aromatic N) is 2. The molecule has 0 spiro atoms. The zero-order valence-electron chi connectivity index (χ0n) is 14.6. The van der Waals surface area contributed by atoms with Crippen molar-refractivity contribution < 1.29 is 14.3 Å². The number of aromatic nitrogens is 1. The number of ether oxygens (including phenoxy) is 1. The molecule has 23 heavy (non-hydrogen) atoms. The number of rotatable bonds is 7. The molecular formula is C17H26N2O3S. The zero-order valence-corrected chi connectivity index (χ0v) is 15.4. The van der Waals surface area contributed by atoms with Gasteiger partial charge in [0.05, 0.1) is 17.7 Å². The van der Waals surface area contributed by atoms with E-state index >= 15 is 0 Å². The van der Waals surface area contributed by atoms with Crippen LogP contribution >= 0.6 is 11.3 Å². The summed E-state index contributed by atoms with van der Waals surface area (Å²) < 4.78 is 5.53. The Morgan fingerprint density at radius 3 is 2.70 bits per heavy atom. The van der Waals surface area contributed by atoms with E-state index in [1.165, 1.54) is 16.2 Å². The van der Waals surface area contributed by atoms with Crippen LogP contribution in [0, 0.1) is 11.3 Å². The molecule has 1 aliphatic heterocycles. The summed E-state index contributed by atoms with van der Waals surface area (Å²) in [6.07, 6.45) is 0.976. The van der Waals surface area contributed by atoms with Crippen molar-refractivity contribution in [1.82, 2.24) is 9.88 Å². The highest BCUT2D eigenvalue weighted by Gasteiger charge is 2.48. The van der Waals surface area contributed by atoms with Crippen molar-refractivity contribution >= 4 is 23.2 Å². The lowest BCUT2D eigenvalue weighted by atomic mass is 9.80. The van der Waals surface area contributed by atoms with Crippen LogP contribution in [0.2, 0.25) is 0 Å². The molecule has 6 heteroatoms. The molecule has 0 aromatic carbocycles. The van der Waals surface area contributed by atoms with E-state index in [2.05, 4.69) is 18.8 Å². The maximum absolute atomic E-state index is 12.7. The summed E-state index contributed by atoms with van der Waals surface area (Å²) in [6.45, 7) is 10.9. The first kappa shape index (κ1) is 18.1. The smallest absolute Gasteiger partial charge is 0.236 e. The Morgan fingerprint density at radius 1 is 1.39 bits per heavy atom. The van der Waals surface area contributed by atoms with Crippen molar-refractivity contribution in [2.24, 2.45) is 11.3 Å². The van der Waals surface area contributed by atoms with Crippen LogP contribution in [0.3, 0.4) is 0 Å². The van der Waals surface area contributed by atoms with Crippen LogP contribution in [0.5, 0.6) is 0 Å². The maximum atomic E-state index is 12.7. The van der Waals surface area contributed by atoms with Gasteiger partial charge in [0.2, 0.25) is 11.8 Å². The number of hydrogen-bond donors (Lipinski definition) is 0. The monoisotopic (exact) mass is 338 g/mol. The second-order valence-corrected chi connectivity index (χ2v) is 7.78. The molecule has 2 heterocycles. The molecule has 128 valence electrons. The van der Waals surface area contributed by atoms with Crippen molar-refractivity contribution in [2.75, 3.05) is 6.61 Å². The Balaban J connectivity index is 2.08. The molecule has 1 saturated heterocycles. The average Bonchev–Trinajstić information content (AvgIpc) is 2.98. The summed E-state index contributed by atoms with van der Waals surface area (Å²) >= 11 is 1.51. The van der Waals surface area contributed by atoms with Crippen LogP contribution in [0.15, 0.2) is 5.38 Å². The molecule has 0 bridgehead atoms. The molecule has 2 rings (SSSR count). The van der Waals surface area contributed by atoms with E-state index in [9.17, 15) is 9.59 Å². The maximum Gasteiger partial charge on any atom is 0.236 e. The van der Waals surface area contributed by atoms with Gasteiger partial charge in [0.15, 0.2) is 0 Å². The molecule has 1 fully saturated rings. The third-order valence-electron chi connectivity index (χ3n) is 4.12. The summed E-state index contributed by atoms with van der Waals surface area (Å²) in [7, 11) is 0. The van der Waals surface area contributed by atoms with Crippen LogP contribution in [0.1, 0.15) is 64.3 Å². The Labute approximate surface area is 142 Å². The number of imide groups is 1. The molecule has 2 atom stereocenters. The first-order valence-electron chi connectivity index (χ1n) is 8.17. The SMILES string of the molecule is CCO[C@H](C)c1nc(CN2C(=O)C[C@@](C)(CC(C)C)C2=O)cs1. The molecule has 0 saturated carbocycles. The summed E-state index contributed by atoms with van der Waals surface area (Å²) in [5.41, 5.74) is 0.190. The highest BCUT2D eigenvalue weighted by atomic mass is 32.1. The van der Waals surface area contributed by atoms with Crippen LogP contribution < -0.4 is 0 Å². The standard InChI is InChI=1S/C17H26N2O3S/c1-6-22-12(4)15-18-13(10-23-15)9-19-14(20)8-17(5,16(19)21)7-11(2)3/h10-12H,6-9H2,1-5H3/t12-,17-/m1/s1. The van der Waals surface area contributed by atoms with Gasteiger partial charge in [-0.3, -0.25) is 14.5 Å². The van der Waals surface area contributed by atoms with E-state index in [-0.39, 0.29) is 24.5 Å². The minimum Gasteiger partial charge on any atom is -0.372 e. The molecule has 5 nitrogen and oxygen atoms in total. The molecule has 0 N–H and O–H groups in total. The predicted molar refractivity (Wildman–Crippen MR) is 89.9 cm³/mol. The van der Waals surface area contributed by atoms with Crippen molar-refractivity contribution in [3.05, 3.63) is 16.1 Å². The molecule has 0 radical (unpaired) electrons. The highest BCUT2D eigenvalue weighted by Crippen LogP contribution is 2.39. The van der Waals surface area contributed by atoms with Gasteiger partial charge in [-0.25, -0.2) is 4.98 Å². The number of carbonyl (C=O) groups excluding carboxylic acids is 2. The Morgan fingerprint density at radius 2 is 2.09 bits per heavy atom. The third kappa shape index (κ3) is 3.98. The summed E-state index contributed by atoms with van der Waals surface area (Å²) in [5.74, 6) is 0.226. The summed E-state index contributed by atoms with van der Waals surface area (Å²) in [4.78, 5) is 30.8. The lowest BCUT2D eigenvalue weighted by Crippen LogP contribution is -2.34. The number of thiazole rings is 1. The average molecular weight is 338 g/mol. The molecule has 0 aliphatic carbocycles. The first-order valence-corrected chi connectivity index (χ1v) is 9.05. The zero-order chi connectivity index (χ0) is 17.2. The topological polar surface area (TPSA) is 59.5 Å². The lowest BCUT2D eigenvalue weighted by Gasteiger charge is -2.23. The second kappa shape index (κ2) is 7.09. The van der Waals surface area contributed by atoms with E-state index in [1.54, 1.807) is 0 Å². The minimum atomic E-state index is -0.567. The van der Waals surface area contributed by atoms with Gasteiger partial charge < -0.3 is 4.74 Å². The van der Waals surface area contributed by atoms with Crippen LogP contribution in [-0.4, -0.2) is 28.3 Å². The van der Waals surface area contributed by atoms with Gasteiger partial charge in [0, 0.05) is 18.4 Å². The van der Waals surface area contributed by atoms with Gasteiger partial charge in [-0.1, -0.05) is 20.8 Å². The normalized spacial score (nSPS) is 23.1. The largest absolute Gasteiger partial charge is 0.372 e. The van der Waals surface area contributed by atoms with Gasteiger partial charge in [-0.2, -0.15) is 0 Å². The van der Waals surface area contributed by atoms with E-state index in [0.717, 1.165) is 17.1 Å². The van der Waals surface area contributed by atoms with Crippen molar-refractivity contribution in [3.63, 3.8) is 0 Å². The summed E-state index contributed by atoms with van der Waals surface area (Å²) in [5, 5.41) is 2.79. The number of carbonyl (C=O) groups is 2. The number of likely N-dealkylation sites (tertiary alicyclic amines) is 1. The van der Waals surface area contributed by atoms with Gasteiger partial charge in [-0.05, 0) is 26.2 Å². The third-order valence-corrected chi connectivity index (χ3v) is 5.17.